The van der Waals surface area contributed by atoms with Crippen LogP contribution in [0.25, 0.3) is 0 Å². The van der Waals surface area contributed by atoms with Crippen molar-refractivity contribution in [3.05, 3.63) is 11.6 Å². The maximum absolute atomic E-state index is 9.95. The highest BCUT2D eigenvalue weighted by Gasteiger charge is 2.58. The highest BCUT2D eigenvalue weighted by molar-refractivity contribution is 6.74. The second-order valence-electron chi connectivity index (χ2n) is 12.0. The normalized spacial score (nSPS) is 32.2. The smallest absolute Gasteiger partial charge is 0.192 e. The van der Waals surface area contributed by atoms with Gasteiger partial charge in [0.15, 0.2) is 8.32 Å². The summed E-state index contributed by atoms with van der Waals surface area (Å²) in [7, 11) is -1.75. The topological polar surface area (TPSA) is 29.5 Å². The van der Waals surface area contributed by atoms with E-state index in [0.29, 0.717) is 12.0 Å². The minimum Gasteiger partial charge on any atom is -0.414 e. The van der Waals surface area contributed by atoms with E-state index in [1.165, 1.54) is 38.5 Å². The Hall–Kier alpha value is -0.563. The molecule has 0 bridgehead atoms. The Balaban J connectivity index is 1.77. The standard InChI is InChI=1S/C25H42O2Si/c1-22(2,3)28(7,8)27-20-11-9-15-24(6)19(20)12-13-21(24)25(17-18-25)16-10-14-23(4,5)26/h13,19-20,26H,9,11-12,15-18H2,1-8H3/t19?,20-,24+/m0/s1. The highest BCUT2D eigenvalue weighted by Crippen LogP contribution is 2.67. The third-order valence-electron chi connectivity index (χ3n) is 8.14. The molecule has 158 valence electrons. The summed E-state index contributed by atoms with van der Waals surface area (Å²) in [4.78, 5) is 0. The molecule has 0 aliphatic heterocycles. The molecule has 28 heavy (non-hydrogen) atoms. The van der Waals surface area contributed by atoms with Crippen LogP contribution >= 0.6 is 0 Å². The molecule has 0 saturated heterocycles. The fourth-order valence-electron chi connectivity index (χ4n) is 5.33. The average molecular weight is 403 g/mol. The third-order valence-corrected chi connectivity index (χ3v) is 12.6. The molecule has 1 unspecified atom stereocenters. The third kappa shape index (κ3) is 4.16. The Morgan fingerprint density at radius 2 is 1.82 bits per heavy atom. The number of hydrogen-bond acceptors (Lipinski definition) is 2. The summed E-state index contributed by atoms with van der Waals surface area (Å²) < 4.78 is 6.97. The van der Waals surface area contributed by atoms with Crippen LogP contribution in [0.15, 0.2) is 11.6 Å². The van der Waals surface area contributed by atoms with E-state index < -0.39 is 13.9 Å². The van der Waals surface area contributed by atoms with Crippen molar-refractivity contribution in [3.8, 4) is 11.8 Å². The van der Waals surface area contributed by atoms with Crippen LogP contribution in [0.5, 0.6) is 0 Å². The van der Waals surface area contributed by atoms with Crippen molar-refractivity contribution in [1.82, 2.24) is 0 Å². The van der Waals surface area contributed by atoms with E-state index >= 15 is 0 Å². The summed E-state index contributed by atoms with van der Waals surface area (Å²) in [5, 5.41) is 10.2. The maximum atomic E-state index is 9.95. The fraction of sp³-hybridized carbons (Fsp3) is 0.840. The van der Waals surface area contributed by atoms with E-state index in [2.05, 4.69) is 58.7 Å². The van der Waals surface area contributed by atoms with Gasteiger partial charge >= 0.3 is 0 Å². The van der Waals surface area contributed by atoms with Gasteiger partial charge in [0.25, 0.3) is 0 Å². The first-order valence-electron chi connectivity index (χ1n) is 11.3. The number of rotatable bonds is 4. The number of hydrogen-bond donors (Lipinski definition) is 1. The summed E-state index contributed by atoms with van der Waals surface area (Å²) in [6.07, 6.45) is 11.4. The zero-order valence-electron chi connectivity index (χ0n) is 19.5. The van der Waals surface area contributed by atoms with Crippen LogP contribution in [0, 0.1) is 28.6 Å². The molecule has 3 aliphatic rings. The Morgan fingerprint density at radius 3 is 2.36 bits per heavy atom. The molecule has 0 amide bonds. The van der Waals surface area contributed by atoms with E-state index in [9.17, 15) is 5.11 Å². The fourth-order valence-corrected chi connectivity index (χ4v) is 6.72. The van der Waals surface area contributed by atoms with Crippen molar-refractivity contribution in [1.29, 1.82) is 0 Å². The van der Waals surface area contributed by atoms with E-state index in [1.807, 2.05) is 0 Å². The lowest BCUT2D eigenvalue weighted by molar-refractivity contribution is 0.0150. The Morgan fingerprint density at radius 1 is 1.18 bits per heavy atom. The van der Waals surface area contributed by atoms with Gasteiger partial charge in [-0.05, 0) is 75.4 Å². The van der Waals surface area contributed by atoms with E-state index in [4.69, 9.17) is 4.43 Å². The largest absolute Gasteiger partial charge is 0.414 e. The summed E-state index contributed by atoms with van der Waals surface area (Å²) in [6.45, 7) is 17.9. The molecule has 0 aromatic carbocycles. The lowest BCUT2D eigenvalue weighted by Crippen LogP contribution is -2.49. The summed E-state index contributed by atoms with van der Waals surface area (Å²) in [5.74, 6) is 6.99. The first kappa shape index (κ1) is 22.1. The zero-order chi connectivity index (χ0) is 21.0. The Labute approximate surface area is 174 Å². The van der Waals surface area contributed by atoms with Gasteiger partial charge in [0.05, 0.1) is 0 Å². The second kappa shape index (κ2) is 7.00. The number of allylic oxidation sites excluding steroid dienone is 2. The van der Waals surface area contributed by atoms with Crippen LogP contribution in [-0.4, -0.2) is 25.1 Å². The molecule has 0 aromatic rings. The van der Waals surface area contributed by atoms with Crippen molar-refractivity contribution in [2.75, 3.05) is 0 Å². The first-order chi connectivity index (χ1) is 12.7. The van der Waals surface area contributed by atoms with Crippen LogP contribution < -0.4 is 0 Å². The second-order valence-corrected chi connectivity index (χ2v) is 16.8. The zero-order valence-corrected chi connectivity index (χ0v) is 20.5. The summed E-state index contributed by atoms with van der Waals surface area (Å²) in [6, 6.07) is 0. The van der Waals surface area contributed by atoms with Gasteiger partial charge in [-0.15, -0.1) is 0 Å². The van der Waals surface area contributed by atoms with Gasteiger partial charge in [0.1, 0.15) is 5.60 Å². The summed E-state index contributed by atoms with van der Waals surface area (Å²) >= 11 is 0. The van der Waals surface area contributed by atoms with Crippen LogP contribution in [0.3, 0.4) is 0 Å². The molecule has 3 atom stereocenters. The van der Waals surface area contributed by atoms with Crippen molar-refractivity contribution in [2.24, 2.45) is 16.7 Å². The quantitative estimate of drug-likeness (QED) is 0.332. The van der Waals surface area contributed by atoms with Crippen LogP contribution in [0.2, 0.25) is 18.1 Å². The molecule has 2 fully saturated rings. The van der Waals surface area contributed by atoms with Gasteiger partial charge < -0.3 is 9.53 Å². The summed E-state index contributed by atoms with van der Waals surface area (Å²) in [5.41, 5.74) is 1.34. The molecule has 2 saturated carbocycles. The van der Waals surface area contributed by atoms with Crippen molar-refractivity contribution in [2.45, 2.75) is 116 Å². The predicted molar refractivity (Wildman–Crippen MR) is 121 cm³/mol. The van der Waals surface area contributed by atoms with Gasteiger partial charge in [-0.2, -0.15) is 0 Å². The molecular formula is C25H42O2Si. The van der Waals surface area contributed by atoms with Crippen LogP contribution in [0.1, 0.15) is 86.5 Å². The molecule has 1 N–H and O–H groups in total. The van der Waals surface area contributed by atoms with Crippen LogP contribution in [-0.2, 0) is 4.43 Å². The maximum Gasteiger partial charge on any atom is 0.192 e. The van der Waals surface area contributed by atoms with E-state index in [0.717, 1.165) is 6.42 Å². The molecule has 3 rings (SSSR count). The van der Waals surface area contributed by atoms with Crippen molar-refractivity contribution in [3.63, 3.8) is 0 Å². The van der Waals surface area contributed by atoms with Gasteiger partial charge in [0.2, 0.25) is 0 Å². The molecule has 3 aliphatic carbocycles. The van der Waals surface area contributed by atoms with Gasteiger partial charge in [-0.1, -0.05) is 57.6 Å². The molecule has 0 aromatic heterocycles. The lowest BCUT2D eigenvalue weighted by Gasteiger charge is -2.49. The molecule has 0 spiro atoms. The lowest BCUT2D eigenvalue weighted by atomic mass is 9.62. The number of fused-ring (bicyclic) bond motifs is 1. The van der Waals surface area contributed by atoms with Gasteiger partial charge in [-0.25, -0.2) is 0 Å². The van der Waals surface area contributed by atoms with Gasteiger partial charge in [0, 0.05) is 17.9 Å². The van der Waals surface area contributed by atoms with Gasteiger partial charge in [-0.3, -0.25) is 0 Å². The van der Waals surface area contributed by atoms with Crippen molar-refractivity contribution < 1.29 is 9.53 Å². The number of aliphatic hydroxyl groups is 1. The monoisotopic (exact) mass is 402 g/mol. The molecular weight excluding hydrogens is 360 g/mol. The minimum atomic E-state index is -1.75. The molecule has 3 heteroatoms. The highest BCUT2D eigenvalue weighted by atomic mass is 28.4. The molecule has 0 radical (unpaired) electrons. The Bertz CT molecular complexity index is 691. The molecule has 0 heterocycles. The minimum absolute atomic E-state index is 0.264. The van der Waals surface area contributed by atoms with E-state index in [-0.39, 0.29) is 15.9 Å². The SMILES string of the molecule is CC(C)(O)C#CCC1(C2=CCC3[C@@H](O[Si](C)(C)C(C)(C)C)CCC[C@@]23C)CC1. The first-order valence-corrected chi connectivity index (χ1v) is 14.2. The predicted octanol–water partition coefficient (Wildman–Crippen LogP) is 6.46. The molecule has 2 nitrogen and oxygen atoms in total. The van der Waals surface area contributed by atoms with Crippen molar-refractivity contribution >= 4 is 8.32 Å². The van der Waals surface area contributed by atoms with E-state index in [1.54, 1.807) is 19.4 Å². The Kier molecular flexibility index (Phi) is 5.53. The van der Waals surface area contributed by atoms with Crippen LogP contribution in [0.4, 0.5) is 0 Å². The average Bonchev–Trinajstić information content (AvgIpc) is 3.19.